The lowest BCUT2D eigenvalue weighted by Gasteiger charge is -2.36. The Kier molecular flexibility index (Phi) is 3.71. The fourth-order valence-corrected chi connectivity index (χ4v) is 1.64. The lowest BCUT2D eigenvalue weighted by Crippen LogP contribution is -2.44. The van der Waals surface area contributed by atoms with Gasteiger partial charge in [0, 0.05) is 19.6 Å². The number of hydrogen-bond donors (Lipinski definition) is 2. The topological polar surface area (TPSA) is 43.7 Å². The smallest absolute Gasteiger partial charge is 0.0664 e. The summed E-state index contributed by atoms with van der Waals surface area (Å²) in [5.41, 5.74) is -0.479. The Morgan fingerprint density at radius 1 is 1.38 bits per heavy atom. The molecule has 0 spiro atoms. The molecule has 1 aliphatic rings. The van der Waals surface area contributed by atoms with Gasteiger partial charge in [0.15, 0.2) is 0 Å². The monoisotopic (exact) mass is 187 g/mol. The van der Waals surface area contributed by atoms with E-state index in [1.54, 1.807) is 0 Å². The van der Waals surface area contributed by atoms with Crippen LogP contribution in [0.3, 0.4) is 0 Å². The number of β-amino-alcohol motifs (C(OH)–C–C–N with tert-alkyl or cyclic N) is 1. The zero-order chi connectivity index (χ0) is 9.90. The highest BCUT2D eigenvalue weighted by atomic mass is 16.3. The van der Waals surface area contributed by atoms with E-state index in [1.165, 1.54) is 0 Å². The van der Waals surface area contributed by atoms with Crippen LogP contribution in [0, 0.1) is 0 Å². The summed E-state index contributed by atoms with van der Waals surface area (Å²) in [5.74, 6) is 0. The van der Waals surface area contributed by atoms with E-state index in [0.29, 0.717) is 0 Å². The van der Waals surface area contributed by atoms with Crippen LogP contribution in [0.2, 0.25) is 0 Å². The highest BCUT2D eigenvalue weighted by Gasteiger charge is 2.27. The van der Waals surface area contributed by atoms with Gasteiger partial charge in [0.1, 0.15) is 0 Å². The van der Waals surface area contributed by atoms with Crippen molar-refractivity contribution in [1.82, 2.24) is 4.90 Å². The molecule has 1 unspecified atom stereocenters. The summed E-state index contributed by atoms with van der Waals surface area (Å²) >= 11 is 0. The van der Waals surface area contributed by atoms with E-state index in [9.17, 15) is 10.2 Å². The molecule has 0 aliphatic carbocycles. The Balaban J connectivity index is 2.25. The first-order valence-corrected chi connectivity index (χ1v) is 5.16. The van der Waals surface area contributed by atoms with Crippen LogP contribution in [0.25, 0.3) is 0 Å². The first-order chi connectivity index (χ1) is 6.03. The van der Waals surface area contributed by atoms with Crippen molar-refractivity contribution in [2.45, 2.75) is 44.8 Å². The van der Waals surface area contributed by atoms with Gasteiger partial charge in [0.05, 0.1) is 11.7 Å². The maximum atomic E-state index is 9.69. The molecule has 0 aromatic heterocycles. The normalized spacial score (nSPS) is 25.8. The van der Waals surface area contributed by atoms with Gasteiger partial charge in [-0.1, -0.05) is 6.92 Å². The van der Waals surface area contributed by atoms with Crippen molar-refractivity contribution in [1.29, 1.82) is 0 Å². The minimum atomic E-state index is -0.479. The van der Waals surface area contributed by atoms with Crippen molar-refractivity contribution in [3.05, 3.63) is 0 Å². The van der Waals surface area contributed by atoms with Crippen LogP contribution in [0.5, 0.6) is 0 Å². The van der Waals surface area contributed by atoms with Gasteiger partial charge in [-0.05, 0) is 26.2 Å². The van der Waals surface area contributed by atoms with Crippen LogP contribution < -0.4 is 0 Å². The van der Waals surface area contributed by atoms with E-state index in [4.69, 9.17) is 0 Å². The standard InChI is InChI=1S/C10H21NO2/c1-3-9(12)8-11-6-4-10(2,13)5-7-11/h9,12-13H,3-8H2,1-2H3. The second kappa shape index (κ2) is 4.40. The highest BCUT2D eigenvalue weighted by molar-refractivity contribution is 4.82. The summed E-state index contributed by atoms with van der Waals surface area (Å²) in [6.07, 6.45) is 2.25. The molecule has 0 amide bonds. The predicted molar refractivity (Wildman–Crippen MR) is 52.6 cm³/mol. The van der Waals surface area contributed by atoms with Crippen LogP contribution in [0.1, 0.15) is 33.1 Å². The van der Waals surface area contributed by atoms with E-state index in [1.807, 2.05) is 13.8 Å². The number of piperidine rings is 1. The molecule has 0 aromatic carbocycles. The van der Waals surface area contributed by atoms with Crippen molar-refractivity contribution in [3.63, 3.8) is 0 Å². The van der Waals surface area contributed by atoms with Crippen LogP contribution in [0.4, 0.5) is 0 Å². The molecule has 1 heterocycles. The summed E-state index contributed by atoms with van der Waals surface area (Å²) < 4.78 is 0. The Bertz CT molecular complexity index is 149. The van der Waals surface area contributed by atoms with Gasteiger partial charge in [0.2, 0.25) is 0 Å². The zero-order valence-corrected chi connectivity index (χ0v) is 8.66. The lowest BCUT2D eigenvalue weighted by atomic mass is 9.94. The van der Waals surface area contributed by atoms with Crippen LogP contribution >= 0.6 is 0 Å². The quantitative estimate of drug-likeness (QED) is 0.680. The zero-order valence-electron chi connectivity index (χ0n) is 8.66. The van der Waals surface area contributed by atoms with Gasteiger partial charge in [-0.15, -0.1) is 0 Å². The molecule has 1 aliphatic heterocycles. The molecule has 3 nitrogen and oxygen atoms in total. The van der Waals surface area contributed by atoms with Gasteiger partial charge < -0.3 is 15.1 Å². The number of likely N-dealkylation sites (tertiary alicyclic amines) is 1. The van der Waals surface area contributed by atoms with E-state index in [0.717, 1.165) is 38.9 Å². The molecule has 78 valence electrons. The summed E-state index contributed by atoms with van der Waals surface area (Å²) in [5, 5.41) is 19.1. The van der Waals surface area contributed by atoms with Crippen LogP contribution in [0.15, 0.2) is 0 Å². The minimum absolute atomic E-state index is 0.206. The molecule has 1 fully saturated rings. The summed E-state index contributed by atoms with van der Waals surface area (Å²) in [7, 11) is 0. The second-order valence-electron chi connectivity index (χ2n) is 4.36. The molecular weight excluding hydrogens is 166 g/mol. The van der Waals surface area contributed by atoms with Crippen molar-refractivity contribution in [3.8, 4) is 0 Å². The first-order valence-electron chi connectivity index (χ1n) is 5.16. The Morgan fingerprint density at radius 2 is 1.92 bits per heavy atom. The van der Waals surface area contributed by atoms with Crippen LogP contribution in [-0.4, -0.2) is 46.5 Å². The first kappa shape index (κ1) is 11.0. The van der Waals surface area contributed by atoms with Crippen LogP contribution in [-0.2, 0) is 0 Å². The van der Waals surface area contributed by atoms with Gasteiger partial charge in [-0.2, -0.15) is 0 Å². The molecule has 1 saturated heterocycles. The van der Waals surface area contributed by atoms with E-state index >= 15 is 0 Å². The Morgan fingerprint density at radius 3 is 2.38 bits per heavy atom. The molecule has 1 atom stereocenters. The van der Waals surface area contributed by atoms with E-state index in [2.05, 4.69) is 4.90 Å². The van der Waals surface area contributed by atoms with E-state index < -0.39 is 5.60 Å². The fourth-order valence-electron chi connectivity index (χ4n) is 1.64. The van der Waals surface area contributed by atoms with Crippen molar-refractivity contribution < 1.29 is 10.2 Å². The largest absolute Gasteiger partial charge is 0.392 e. The van der Waals surface area contributed by atoms with Crippen molar-refractivity contribution in [2.75, 3.05) is 19.6 Å². The molecule has 0 aromatic rings. The fraction of sp³-hybridized carbons (Fsp3) is 1.00. The number of aliphatic hydroxyl groups excluding tert-OH is 1. The summed E-state index contributed by atoms with van der Waals surface area (Å²) in [6, 6.07) is 0. The predicted octanol–water partition coefficient (Wildman–Crippen LogP) is 0.604. The molecule has 1 rings (SSSR count). The average Bonchev–Trinajstić information content (AvgIpc) is 2.08. The molecule has 0 radical (unpaired) electrons. The maximum absolute atomic E-state index is 9.69. The average molecular weight is 187 g/mol. The van der Waals surface area contributed by atoms with Gasteiger partial charge in [-0.25, -0.2) is 0 Å². The summed E-state index contributed by atoms with van der Waals surface area (Å²) in [4.78, 5) is 2.23. The van der Waals surface area contributed by atoms with Gasteiger partial charge >= 0.3 is 0 Å². The maximum Gasteiger partial charge on any atom is 0.0664 e. The second-order valence-corrected chi connectivity index (χ2v) is 4.36. The highest BCUT2D eigenvalue weighted by Crippen LogP contribution is 2.21. The lowest BCUT2D eigenvalue weighted by molar-refractivity contribution is -0.0161. The molecular formula is C10H21NO2. The molecule has 3 heteroatoms. The molecule has 0 saturated carbocycles. The number of nitrogens with zero attached hydrogens (tertiary/aromatic N) is 1. The third-order valence-electron chi connectivity index (χ3n) is 2.87. The Labute approximate surface area is 80.4 Å². The number of rotatable bonds is 3. The minimum Gasteiger partial charge on any atom is -0.392 e. The number of aliphatic hydroxyl groups is 2. The SMILES string of the molecule is CCC(O)CN1CCC(C)(O)CC1. The third kappa shape index (κ3) is 3.63. The van der Waals surface area contributed by atoms with Crippen molar-refractivity contribution in [2.24, 2.45) is 0 Å². The number of hydrogen-bond acceptors (Lipinski definition) is 3. The molecule has 2 N–H and O–H groups in total. The summed E-state index contributed by atoms with van der Waals surface area (Å²) in [6.45, 7) is 6.45. The third-order valence-corrected chi connectivity index (χ3v) is 2.87. The molecule has 13 heavy (non-hydrogen) atoms. The van der Waals surface area contributed by atoms with Crippen molar-refractivity contribution >= 4 is 0 Å². The van der Waals surface area contributed by atoms with Gasteiger partial charge in [0.25, 0.3) is 0 Å². The Hall–Kier alpha value is -0.120. The van der Waals surface area contributed by atoms with Gasteiger partial charge in [-0.3, -0.25) is 0 Å². The molecule has 0 bridgehead atoms. The van der Waals surface area contributed by atoms with E-state index in [-0.39, 0.29) is 6.10 Å².